The first-order valence-corrected chi connectivity index (χ1v) is 8.80. The highest BCUT2D eigenvalue weighted by atomic mass is 35.5. The zero-order chi connectivity index (χ0) is 18.5. The van der Waals surface area contributed by atoms with Crippen LogP contribution in [0.3, 0.4) is 0 Å². The number of rotatable bonds is 3. The third-order valence-electron chi connectivity index (χ3n) is 4.26. The molecule has 26 heavy (non-hydrogen) atoms. The fourth-order valence-corrected chi connectivity index (χ4v) is 2.87. The van der Waals surface area contributed by atoms with Crippen LogP contribution in [0.1, 0.15) is 10.4 Å². The first-order valence-electron chi connectivity index (χ1n) is 8.43. The first kappa shape index (κ1) is 18.2. The van der Waals surface area contributed by atoms with E-state index in [1.54, 1.807) is 48.5 Å². The van der Waals surface area contributed by atoms with E-state index in [0.29, 0.717) is 35.1 Å². The molecule has 3 rings (SSSR count). The van der Waals surface area contributed by atoms with Gasteiger partial charge in [-0.05, 0) is 49.5 Å². The maximum atomic E-state index is 12.6. The molecule has 0 unspecified atom stereocenters. The lowest BCUT2D eigenvalue weighted by molar-refractivity contribution is 0.0664. The van der Waals surface area contributed by atoms with E-state index >= 15 is 0 Å². The molecule has 0 aliphatic carbocycles. The highest BCUT2D eigenvalue weighted by Crippen LogP contribution is 2.16. The Morgan fingerprint density at radius 1 is 0.923 bits per heavy atom. The Morgan fingerprint density at radius 3 is 2.27 bits per heavy atom. The van der Waals surface area contributed by atoms with E-state index in [0.717, 1.165) is 13.1 Å². The Labute approximate surface area is 157 Å². The third kappa shape index (κ3) is 4.74. The predicted molar refractivity (Wildman–Crippen MR) is 104 cm³/mol. The summed E-state index contributed by atoms with van der Waals surface area (Å²) in [5.74, 6) is -0.0140. The van der Waals surface area contributed by atoms with Gasteiger partial charge in [-0.25, -0.2) is 4.79 Å². The quantitative estimate of drug-likeness (QED) is 0.868. The van der Waals surface area contributed by atoms with Crippen LogP contribution in [0.25, 0.3) is 0 Å². The lowest BCUT2D eigenvalue weighted by Gasteiger charge is -2.32. The Morgan fingerprint density at radius 2 is 1.58 bits per heavy atom. The number of nitrogens with one attached hydrogen (secondary N) is 2. The van der Waals surface area contributed by atoms with Gasteiger partial charge in [0.25, 0.3) is 5.91 Å². The Bertz CT molecular complexity index is 786. The molecule has 136 valence electrons. The fourth-order valence-electron chi connectivity index (χ4n) is 2.75. The summed E-state index contributed by atoms with van der Waals surface area (Å²) >= 11 is 5.83. The highest BCUT2D eigenvalue weighted by Gasteiger charge is 2.20. The molecule has 3 amide bonds. The van der Waals surface area contributed by atoms with Gasteiger partial charge in [-0.2, -0.15) is 0 Å². The van der Waals surface area contributed by atoms with E-state index in [4.69, 9.17) is 11.6 Å². The molecule has 0 radical (unpaired) electrons. The van der Waals surface area contributed by atoms with Crippen LogP contribution < -0.4 is 10.6 Å². The number of anilines is 2. The predicted octanol–water partition coefficient (Wildman–Crippen LogP) is 3.37. The Balaban J connectivity index is 1.62. The summed E-state index contributed by atoms with van der Waals surface area (Å²) in [6.45, 7) is 3.16. The number of benzene rings is 2. The fraction of sp³-hybridized carbons (Fsp3) is 0.263. The number of carbonyl (C=O) groups excluding carboxylic acids is 2. The van der Waals surface area contributed by atoms with Crippen LogP contribution in [0.5, 0.6) is 0 Å². The third-order valence-corrected chi connectivity index (χ3v) is 4.51. The molecule has 0 saturated carbocycles. The number of piperazine rings is 1. The molecule has 2 aromatic carbocycles. The maximum absolute atomic E-state index is 12.6. The number of hydrogen-bond acceptors (Lipinski definition) is 3. The van der Waals surface area contributed by atoms with Crippen molar-refractivity contribution in [3.8, 4) is 0 Å². The molecule has 2 aromatic rings. The molecule has 0 atom stereocenters. The van der Waals surface area contributed by atoms with Crippen molar-refractivity contribution < 1.29 is 9.59 Å². The van der Waals surface area contributed by atoms with Gasteiger partial charge in [-0.1, -0.05) is 17.7 Å². The average molecular weight is 373 g/mol. The van der Waals surface area contributed by atoms with Gasteiger partial charge in [0.15, 0.2) is 0 Å². The summed E-state index contributed by atoms with van der Waals surface area (Å²) in [5, 5.41) is 6.08. The maximum Gasteiger partial charge on any atom is 0.323 e. The molecule has 0 bridgehead atoms. The van der Waals surface area contributed by atoms with Crippen LogP contribution in [-0.2, 0) is 0 Å². The minimum Gasteiger partial charge on any atom is -0.336 e. The number of nitrogens with zero attached hydrogens (tertiary/aromatic N) is 2. The van der Waals surface area contributed by atoms with Crippen LogP contribution in [0.4, 0.5) is 16.2 Å². The minimum atomic E-state index is -0.378. The summed E-state index contributed by atoms with van der Waals surface area (Å²) in [5.41, 5.74) is 1.77. The number of urea groups is 1. The van der Waals surface area contributed by atoms with Crippen molar-refractivity contribution in [1.82, 2.24) is 9.80 Å². The van der Waals surface area contributed by atoms with Gasteiger partial charge in [0.2, 0.25) is 0 Å². The van der Waals surface area contributed by atoms with Gasteiger partial charge in [-0.3, -0.25) is 4.79 Å². The summed E-state index contributed by atoms with van der Waals surface area (Å²) in [6.07, 6.45) is 0. The van der Waals surface area contributed by atoms with E-state index in [1.807, 2.05) is 11.9 Å². The Hall–Kier alpha value is -2.57. The Kier molecular flexibility index (Phi) is 5.75. The summed E-state index contributed by atoms with van der Waals surface area (Å²) in [7, 11) is 2.05. The van der Waals surface area contributed by atoms with Crippen LogP contribution in [0, 0.1) is 0 Å². The molecule has 1 saturated heterocycles. The summed E-state index contributed by atoms with van der Waals surface area (Å²) in [6, 6.07) is 13.4. The topological polar surface area (TPSA) is 64.7 Å². The van der Waals surface area contributed by atoms with E-state index in [2.05, 4.69) is 15.5 Å². The first-order chi connectivity index (χ1) is 12.5. The van der Waals surface area contributed by atoms with Crippen LogP contribution >= 0.6 is 11.6 Å². The second-order valence-electron chi connectivity index (χ2n) is 6.26. The van der Waals surface area contributed by atoms with Gasteiger partial charge in [0.1, 0.15) is 0 Å². The van der Waals surface area contributed by atoms with E-state index < -0.39 is 0 Å². The van der Waals surface area contributed by atoms with Crippen molar-refractivity contribution in [2.45, 2.75) is 0 Å². The van der Waals surface area contributed by atoms with Crippen molar-refractivity contribution >= 4 is 34.9 Å². The van der Waals surface area contributed by atoms with E-state index in [9.17, 15) is 9.59 Å². The van der Waals surface area contributed by atoms with Gasteiger partial charge < -0.3 is 20.4 Å². The number of halogens is 1. The molecular weight excluding hydrogens is 352 g/mol. The second-order valence-corrected chi connectivity index (χ2v) is 6.70. The largest absolute Gasteiger partial charge is 0.336 e. The number of carbonyl (C=O) groups is 2. The van der Waals surface area contributed by atoms with Crippen molar-refractivity contribution in [1.29, 1.82) is 0 Å². The standard InChI is InChI=1S/C19H21ClN4O2/c1-23-9-11-24(12-10-23)18(25)14-3-2-4-17(13-14)22-19(26)21-16-7-5-15(20)6-8-16/h2-8,13H,9-12H2,1H3,(H2,21,22,26). The number of likely N-dealkylation sites (N-methyl/N-ethyl adjacent to an activating group) is 1. The molecule has 1 aliphatic rings. The highest BCUT2D eigenvalue weighted by molar-refractivity contribution is 6.30. The molecule has 1 heterocycles. The lowest BCUT2D eigenvalue weighted by Crippen LogP contribution is -2.47. The molecular formula is C19H21ClN4O2. The normalized spacial score (nSPS) is 14.8. The number of hydrogen-bond donors (Lipinski definition) is 2. The molecule has 1 fully saturated rings. The van der Waals surface area contributed by atoms with E-state index in [1.165, 1.54) is 0 Å². The molecule has 2 N–H and O–H groups in total. The van der Waals surface area contributed by atoms with Gasteiger partial charge >= 0.3 is 6.03 Å². The molecule has 0 spiro atoms. The van der Waals surface area contributed by atoms with Crippen molar-refractivity contribution in [3.05, 3.63) is 59.1 Å². The van der Waals surface area contributed by atoms with Gasteiger partial charge in [0, 0.05) is 48.1 Å². The average Bonchev–Trinajstić information content (AvgIpc) is 2.64. The van der Waals surface area contributed by atoms with Crippen molar-refractivity contribution in [2.75, 3.05) is 43.9 Å². The molecule has 7 heteroatoms. The van der Waals surface area contributed by atoms with Crippen LogP contribution in [-0.4, -0.2) is 55.0 Å². The zero-order valence-electron chi connectivity index (χ0n) is 14.5. The summed E-state index contributed by atoms with van der Waals surface area (Å²) in [4.78, 5) is 28.8. The van der Waals surface area contributed by atoms with Gasteiger partial charge in [-0.15, -0.1) is 0 Å². The lowest BCUT2D eigenvalue weighted by atomic mass is 10.1. The van der Waals surface area contributed by atoms with E-state index in [-0.39, 0.29) is 11.9 Å². The van der Waals surface area contributed by atoms with Gasteiger partial charge in [0.05, 0.1) is 0 Å². The van der Waals surface area contributed by atoms with Crippen LogP contribution in [0.15, 0.2) is 48.5 Å². The minimum absolute atomic E-state index is 0.0140. The zero-order valence-corrected chi connectivity index (χ0v) is 15.3. The molecule has 6 nitrogen and oxygen atoms in total. The number of amides is 3. The monoisotopic (exact) mass is 372 g/mol. The SMILES string of the molecule is CN1CCN(C(=O)c2cccc(NC(=O)Nc3ccc(Cl)cc3)c2)CC1. The van der Waals surface area contributed by atoms with Crippen molar-refractivity contribution in [2.24, 2.45) is 0 Å². The smallest absolute Gasteiger partial charge is 0.323 e. The van der Waals surface area contributed by atoms with Crippen molar-refractivity contribution in [3.63, 3.8) is 0 Å². The molecule has 1 aliphatic heterocycles. The summed E-state index contributed by atoms with van der Waals surface area (Å²) < 4.78 is 0. The second kappa shape index (κ2) is 8.21. The van der Waals surface area contributed by atoms with Crippen LogP contribution in [0.2, 0.25) is 5.02 Å². The molecule has 0 aromatic heterocycles.